The Morgan fingerprint density at radius 1 is 1.00 bits per heavy atom. The van der Waals surface area contributed by atoms with E-state index in [1.165, 1.54) is 0 Å². The number of rotatable bonds is 7. The summed E-state index contributed by atoms with van der Waals surface area (Å²) in [5.41, 5.74) is 0.422. The van der Waals surface area contributed by atoms with E-state index in [1.54, 1.807) is 38.1 Å². The second kappa shape index (κ2) is 9.40. The molecule has 1 aromatic rings. The van der Waals surface area contributed by atoms with E-state index in [4.69, 9.17) is 25.8 Å². The van der Waals surface area contributed by atoms with E-state index in [9.17, 15) is 9.59 Å². The summed E-state index contributed by atoms with van der Waals surface area (Å²) in [6, 6.07) is 6.44. The Labute approximate surface area is 141 Å². The van der Waals surface area contributed by atoms with Gasteiger partial charge in [0.05, 0.1) is 12.2 Å². The Kier molecular flexibility index (Phi) is 7.89. The number of halogens is 1. The summed E-state index contributed by atoms with van der Waals surface area (Å²) < 4.78 is 15.4. The number of ether oxygens (including phenoxy) is 3. The highest BCUT2D eigenvalue weighted by Crippen LogP contribution is 2.13. The third-order valence-corrected chi connectivity index (χ3v) is 3.14. The molecule has 0 aliphatic carbocycles. The number of esters is 1. The average molecular weight is 343 g/mol. The maximum absolute atomic E-state index is 11.9. The molecule has 0 radical (unpaired) electrons. The first-order valence-corrected chi connectivity index (χ1v) is 7.95. The molecule has 2 unspecified atom stereocenters. The van der Waals surface area contributed by atoms with E-state index in [-0.39, 0.29) is 5.92 Å². The van der Waals surface area contributed by atoms with E-state index in [0.717, 1.165) is 0 Å². The smallest absolute Gasteiger partial charge is 0.459 e. The third kappa shape index (κ3) is 7.88. The molecule has 0 aliphatic heterocycles. The van der Waals surface area contributed by atoms with Gasteiger partial charge in [0, 0.05) is 11.4 Å². The second-order valence-corrected chi connectivity index (χ2v) is 6.28. The van der Waals surface area contributed by atoms with Gasteiger partial charge in [-0.15, -0.1) is 0 Å². The summed E-state index contributed by atoms with van der Waals surface area (Å²) in [5.74, 6) is -0.194. The van der Waals surface area contributed by atoms with E-state index >= 15 is 0 Å². The van der Waals surface area contributed by atoms with Crippen LogP contribution in [0.5, 0.6) is 0 Å². The highest BCUT2D eigenvalue weighted by Gasteiger charge is 2.18. The zero-order valence-corrected chi connectivity index (χ0v) is 14.6. The molecule has 1 aromatic carbocycles. The zero-order chi connectivity index (χ0) is 17.4. The Balaban J connectivity index is 2.37. The van der Waals surface area contributed by atoms with Crippen LogP contribution in [-0.2, 0) is 14.2 Å². The van der Waals surface area contributed by atoms with Crippen molar-refractivity contribution in [3.05, 3.63) is 34.9 Å². The highest BCUT2D eigenvalue weighted by molar-refractivity contribution is 6.30. The molecule has 0 aliphatic rings. The van der Waals surface area contributed by atoms with E-state index < -0.39 is 24.3 Å². The molecule has 0 bridgehead atoms. The zero-order valence-electron chi connectivity index (χ0n) is 13.9. The molecule has 0 heterocycles. The first kappa shape index (κ1) is 19.3. The quantitative estimate of drug-likeness (QED) is 0.684. The van der Waals surface area contributed by atoms with Gasteiger partial charge in [0.2, 0.25) is 0 Å². The lowest BCUT2D eigenvalue weighted by Gasteiger charge is -2.18. The molecule has 0 fully saturated rings. The first-order valence-electron chi connectivity index (χ1n) is 7.58. The lowest BCUT2D eigenvalue weighted by atomic mass is 10.2. The van der Waals surface area contributed by atoms with Gasteiger partial charge in [0.15, 0.2) is 0 Å². The number of hydrogen-bond donors (Lipinski definition) is 0. The monoisotopic (exact) mass is 342 g/mol. The summed E-state index contributed by atoms with van der Waals surface area (Å²) >= 11 is 5.77. The lowest BCUT2D eigenvalue weighted by molar-refractivity contribution is -0.00240. The van der Waals surface area contributed by atoms with Crippen molar-refractivity contribution in [1.29, 1.82) is 0 Å². The molecule has 0 aromatic heterocycles. The highest BCUT2D eigenvalue weighted by atomic mass is 35.5. The SMILES string of the molecule is CC(C)COC(=O)OC(C)CC(C)OC(=O)c1ccc(Cl)cc1. The molecule has 128 valence electrons. The van der Waals surface area contributed by atoms with Crippen molar-refractivity contribution in [3.63, 3.8) is 0 Å². The summed E-state index contributed by atoms with van der Waals surface area (Å²) in [4.78, 5) is 23.4. The number of benzene rings is 1. The molecule has 6 heteroatoms. The summed E-state index contributed by atoms with van der Waals surface area (Å²) in [7, 11) is 0. The van der Waals surface area contributed by atoms with Gasteiger partial charge in [-0.3, -0.25) is 0 Å². The van der Waals surface area contributed by atoms with Crippen LogP contribution in [0.2, 0.25) is 5.02 Å². The van der Waals surface area contributed by atoms with Gasteiger partial charge in [-0.25, -0.2) is 9.59 Å². The van der Waals surface area contributed by atoms with Crippen LogP contribution in [0.15, 0.2) is 24.3 Å². The minimum Gasteiger partial charge on any atom is -0.459 e. The topological polar surface area (TPSA) is 61.8 Å². The molecule has 0 saturated heterocycles. The van der Waals surface area contributed by atoms with E-state index in [1.807, 2.05) is 13.8 Å². The molecular formula is C17H23ClO5. The maximum Gasteiger partial charge on any atom is 0.508 e. The lowest BCUT2D eigenvalue weighted by Crippen LogP contribution is -2.24. The molecule has 0 saturated carbocycles. The standard InChI is InChI=1S/C17H23ClO5/c1-11(2)10-21-17(20)23-13(4)9-12(3)22-16(19)14-5-7-15(18)8-6-14/h5-8,11-13H,9-10H2,1-4H3. The van der Waals surface area contributed by atoms with Gasteiger partial charge in [-0.2, -0.15) is 0 Å². The molecule has 0 spiro atoms. The largest absolute Gasteiger partial charge is 0.508 e. The van der Waals surface area contributed by atoms with Crippen molar-refractivity contribution >= 4 is 23.7 Å². The van der Waals surface area contributed by atoms with Gasteiger partial charge in [0.1, 0.15) is 12.2 Å². The fourth-order valence-corrected chi connectivity index (χ4v) is 1.96. The summed E-state index contributed by atoms with van der Waals surface area (Å²) in [6.07, 6.45) is -1.13. The minimum atomic E-state index is -0.706. The predicted octanol–water partition coefficient (Wildman–Crippen LogP) is 4.47. The molecular weight excluding hydrogens is 320 g/mol. The number of carbonyl (C=O) groups is 2. The summed E-state index contributed by atoms with van der Waals surface area (Å²) in [5, 5.41) is 0.552. The van der Waals surface area contributed by atoms with Gasteiger partial charge in [-0.05, 0) is 44.0 Å². The molecule has 0 N–H and O–H groups in total. The molecule has 1 rings (SSSR count). The third-order valence-electron chi connectivity index (χ3n) is 2.88. The van der Waals surface area contributed by atoms with Crippen LogP contribution in [0.3, 0.4) is 0 Å². The normalized spacial score (nSPS) is 13.3. The van der Waals surface area contributed by atoms with Gasteiger partial charge in [0.25, 0.3) is 0 Å². The Morgan fingerprint density at radius 2 is 1.57 bits per heavy atom. The molecule has 2 atom stereocenters. The molecule has 0 amide bonds. The summed E-state index contributed by atoms with van der Waals surface area (Å²) in [6.45, 7) is 7.66. The number of carbonyl (C=O) groups excluding carboxylic acids is 2. The first-order chi connectivity index (χ1) is 10.8. The van der Waals surface area contributed by atoms with E-state index in [0.29, 0.717) is 23.6 Å². The van der Waals surface area contributed by atoms with Crippen molar-refractivity contribution in [2.75, 3.05) is 6.61 Å². The van der Waals surface area contributed by atoms with Gasteiger partial charge in [-0.1, -0.05) is 25.4 Å². The van der Waals surface area contributed by atoms with Crippen molar-refractivity contribution in [2.24, 2.45) is 5.92 Å². The number of hydrogen-bond acceptors (Lipinski definition) is 5. The maximum atomic E-state index is 11.9. The van der Waals surface area contributed by atoms with Crippen LogP contribution in [-0.4, -0.2) is 30.9 Å². The Hall–Kier alpha value is -1.75. The Morgan fingerprint density at radius 3 is 2.13 bits per heavy atom. The van der Waals surface area contributed by atoms with Crippen LogP contribution < -0.4 is 0 Å². The molecule has 23 heavy (non-hydrogen) atoms. The van der Waals surface area contributed by atoms with Crippen LogP contribution in [0.25, 0.3) is 0 Å². The van der Waals surface area contributed by atoms with Crippen LogP contribution >= 0.6 is 11.6 Å². The minimum absolute atomic E-state index is 0.247. The van der Waals surface area contributed by atoms with Crippen molar-refractivity contribution < 1.29 is 23.8 Å². The van der Waals surface area contributed by atoms with Gasteiger partial charge >= 0.3 is 12.1 Å². The van der Waals surface area contributed by atoms with Crippen molar-refractivity contribution in [3.8, 4) is 0 Å². The fourth-order valence-electron chi connectivity index (χ4n) is 1.83. The second-order valence-electron chi connectivity index (χ2n) is 5.84. The average Bonchev–Trinajstić information content (AvgIpc) is 2.45. The van der Waals surface area contributed by atoms with Crippen LogP contribution in [0, 0.1) is 5.92 Å². The van der Waals surface area contributed by atoms with Crippen LogP contribution in [0.1, 0.15) is 44.5 Å². The van der Waals surface area contributed by atoms with Gasteiger partial charge < -0.3 is 14.2 Å². The predicted molar refractivity (Wildman–Crippen MR) is 87.7 cm³/mol. The Bertz CT molecular complexity index is 512. The van der Waals surface area contributed by atoms with Crippen LogP contribution in [0.4, 0.5) is 4.79 Å². The fraction of sp³-hybridized carbons (Fsp3) is 0.529. The van der Waals surface area contributed by atoms with E-state index in [2.05, 4.69) is 0 Å². The molecule has 5 nitrogen and oxygen atoms in total. The van der Waals surface area contributed by atoms with Crippen molar-refractivity contribution in [1.82, 2.24) is 0 Å². The van der Waals surface area contributed by atoms with Crippen molar-refractivity contribution in [2.45, 2.75) is 46.3 Å².